The van der Waals surface area contributed by atoms with Gasteiger partial charge in [0.1, 0.15) is 23.0 Å². The fourth-order valence-electron chi connectivity index (χ4n) is 2.68. The molecule has 23 heavy (non-hydrogen) atoms. The summed E-state index contributed by atoms with van der Waals surface area (Å²) in [5.41, 5.74) is 0.346. The van der Waals surface area contributed by atoms with Gasteiger partial charge >= 0.3 is 0 Å². The molecule has 1 aliphatic heterocycles. The van der Waals surface area contributed by atoms with Crippen molar-refractivity contribution in [3.05, 3.63) is 65.5 Å². The number of carbonyl (C=O) groups excluding carboxylic acids is 1. The van der Waals surface area contributed by atoms with Crippen LogP contribution in [-0.4, -0.2) is 37.0 Å². The molecule has 1 aliphatic rings. The first-order chi connectivity index (χ1) is 11.1. The number of halogens is 3. The number of hydrogen-bond donors (Lipinski definition) is 0. The molecule has 3 rings (SSSR count). The van der Waals surface area contributed by atoms with Crippen molar-refractivity contribution >= 4 is 11.6 Å². The number of piperazine rings is 1. The van der Waals surface area contributed by atoms with Gasteiger partial charge in [-0.25, -0.2) is 13.2 Å². The van der Waals surface area contributed by atoms with E-state index in [1.807, 2.05) is 4.90 Å². The van der Waals surface area contributed by atoms with E-state index in [0.29, 0.717) is 26.2 Å². The number of rotatable bonds is 2. The summed E-state index contributed by atoms with van der Waals surface area (Å²) in [5, 5.41) is 0. The summed E-state index contributed by atoms with van der Waals surface area (Å²) in [6.07, 6.45) is 0. The zero-order valence-electron chi connectivity index (χ0n) is 12.3. The second kappa shape index (κ2) is 6.32. The van der Waals surface area contributed by atoms with Gasteiger partial charge in [-0.15, -0.1) is 0 Å². The van der Waals surface area contributed by atoms with Crippen molar-refractivity contribution in [3.63, 3.8) is 0 Å². The van der Waals surface area contributed by atoms with Gasteiger partial charge in [0.05, 0.1) is 0 Å². The first-order valence-electron chi connectivity index (χ1n) is 7.30. The minimum Gasteiger partial charge on any atom is -0.368 e. The van der Waals surface area contributed by atoms with Gasteiger partial charge in [-0.05, 0) is 36.4 Å². The maximum Gasteiger partial charge on any atom is 0.259 e. The number of carbonyl (C=O) groups is 1. The molecule has 3 nitrogen and oxygen atoms in total. The predicted octanol–water partition coefficient (Wildman–Crippen LogP) is 3.07. The maximum atomic E-state index is 13.7. The molecule has 0 aliphatic carbocycles. The van der Waals surface area contributed by atoms with Gasteiger partial charge in [0.15, 0.2) is 0 Å². The van der Waals surface area contributed by atoms with Crippen LogP contribution in [0.15, 0.2) is 42.5 Å². The fourth-order valence-corrected chi connectivity index (χ4v) is 2.68. The normalized spacial score (nSPS) is 14.9. The number of nitrogens with zero attached hydrogens (tertiary/aromatic N) is 2. The van der Waals surface area contributed by atoms with Crippen molar-refractivity contribution in [1.82, 2.24) is 4.90 Å². The summed E-state index contributed by atoms with van der Waals surface area (Å²) in [5.74, 6) is -2.65. The van der Waals surface area contributed by atoms with Crippen molar-refractivity contribution in [3.8, 4) is 0 Å². The molecule has 1 saturated heterocycles. The Morgan fingerprint density at radius 2 is 1.39 bits per heavy atom. The van der Waals surface area contributed by atoms with Crippen molar-refractivity contribution < 1.29 is 18.0 Å². The van der Waals surface area contributed by atoms with E-state index < -0.39 is 23.1 Å². The molecular formula is C17H15F3N2O. The SMILES string of the molecule is O=C(c1c(F)cccc1F)N1CCN(c2ccc(F)cc2)CC1. The Morgan fingerprint density at radius 3 is 1.96 bits per heavy atom. The van der Waals surface area contributed by atoms with Crippen LogP contribution in [0.3, 0.4) is 0 Å². The first kappa shape index (κ1) is 15.4. The van der Waals surface area contributed by atoms with Crippen LogP contribution in [0.25, 0.3) is 0 Å². The summed E-state index contributed by atoms with van der Waals surface area (Å²) < 4.78 is 40.3. The first-order valence-corrected chi connectivity index (χ1v) is 7.30. The Labute approximate surface area is 131 Å². The third-order valence-electron chi connectivity index (χ3n) is 3.94. The van der Waals surface area contributed by atoms with Crippen LogP contribution in [0.4, 0.5) is 18.9 Å². The molecule has 2 aromatic carbocycles. The average molecular weight is 320 g/mol. The summed E-state index contributed by atoms with van der Waals surface area (Å²) in [6.45, 7) is 1.74. The highest BCUT2D eigenvalue weighted by atomic mass is 19.1. The number of amides is 1. The van der Waals surface area contributed by atoms with E-state index in [0.717, 1.165) is 17.8 Å². The number of benzene rings is 2. The Kier molecular flexibility index (Phi) is 4.23. The molecule has 1 fully saturated rings. The van der Waals surface area contributed by atoms with Crippen LogP contribution in [0.2, 0.25) is 0 Å². The molecule has 0 aromatic heterocycles. The molecule has 1 amide bonds. The second-order valence-corrected chi connectivity index (χ2v) is 5.35. The smallest absolute Gasteiger partial charge is 0.259 e. The topological polar surface area (TPSA) is 23.6 Å². The molecule has 120 valence electrons. The molecule has 0 spiro atoms. The lowest BCUT2D eigenvalue weighted by atomic mass is 10.1. The highest BCUT2D eigenvalue weighted by Gasteiger charge is 2.26. The van der Waals surface area contributed by atoms with Crippen molar-refractivity contribution in [1.29, 1.82) is 0 Å². The minimum absolute atomic E-state index is 0.308. The molecular weight excluding hydrogens is 305 g/mol. The second-order valence-electron chi connectivity index (χ2n) is 5.35. The number of anilines is 1. The molecule has 0 unspecified atom stereocenters. The van der Waals surface area contributed by atoms with Gasteiger partial charge in [0, 0.05) is 31.9 Å². The molecule has 0 bridgehead atoms. The monoisotopic (exact) mass is 320 g/mol. The van der Waals surface area contributed by atoms with Crippen LogP contribution in [0.1, 0.15) is 10.4 Å². The summed E-state index contributed by atoms with van der Waals surface area (Å²) in [4.78, 5) is 15.7. The van der Waals surface area contributed by atoms with E-state index in [9.17, 15) is 18.0 Å². The molecule has 0 N–H and O–H groups in total. The minimum atomic E-state index is -0.851. The standard InChI is InChI=1S/C17H15F3N2O/c18-12-4-6-13(7-5-12)21-8-10-22(11-9-21)17(23)16-14(19)2-1-3-15(16)20/h1-7H,8-11H2. The highest BCUT2D eigenvalue weighted by molar-refractivity contribution is 5.95. The lowest BCUT2D eigenvalue weighted by Gasteiger charge is -2.36. The van der Waals surface area contributed by atoms with Gasteiger partial charge in [0.2, 0.25) is 0 Å². The molecule has 1 heterocycles. The zero-order chi connectivity index (χ0) is 16.4. The van der Waals surface area contributed by atoms with Crippen LogP contribution >= 0.6 is 0 Å². The predicted molar refractivity (Wildman–Crippen MR) is 80.9 cm³/mol. The third-order valence-corrected chi connectivity index (χ3v) is 3.94. The lowest BCUT2D eigenvalue weighted by Crippen LogP contribution is -2.49. The Morgan fingerprint density at radius 1 is 0.826 bits per heavy atom. The van der Waals surface area contributed by atoms with E-state index >= 15 is 0 Å². The van der Waals surface area contributed by atoms with Crippen LogP contribution in [0, 0.1) is 17.5 Å². The fraction of sp³-hybridized carbons (Fsp3) is 0.235. The van der Waals surface area contributed by atoms with Gasteiger partial charge in [-0.1, -0.05) is 6.07 Å². The quantitative estimate of drug-likeness (QED) is 0.849. The summed E-state index contributed by atoms with van der Waals surface area (Å²) in [7, 11) is 0. The van der Waals surface area contributed by atoms with Crippen LogP contribution in [0.5, 0.6) is 0 Å². The molecule has 0 atom stereocenters. The molecule has 2 aromatic rings. The Balaban J connectivity index is 1.69. The Bertz CT molecular complexity index is 690. The molecule has 0 radical (unpaired) electrons. The number of hydrogen-bond acceptors (Lipinski definition) is 2. The molecule has 0 saturated carbocycles. The largest absolute Gasteiger partial charge is 0.368 e. The average Bonchev–Trinajstić information content (AvgIpc) is 2.55. The zero-order valence-corrected chi connectivity index (χ0v) is 12.3. The van der Waals surface area contributed by atoms with Crippen LogP contribution < -0.4 is 4.90 Å². The summed E-state index contributed by atoms with van der Waals surface area (Å²) in [6, 6.07) is 9.47. The van der Waals surface area contributed by atoms with E-state index in [-0.39, 0.29) is 5.82 Å². The van der Waals surface area contributed by atoms with E-state index in [1.165, 1.54) is 23.1 Å². The highest BCUT2D eigenvalue weighted by Crippen LogP contribution is 2.19. The van der Waals surface area contributed by atoms with Gasteiger partial charge < -0.3 is 9.80 Å². The van der Waals surface area contributed by atoms with E-state index in [2.05, 4.69) is 0 Å². The lowest BCUT2D eigenvalue weighted by molar-refractivity contribution is 0.0737. The van der Waals surface area contributed by atoms with Gasteiger partial charge in [-0.3, -0.25) is 4.79 Å². The van der Waals surface area contributed by atoms with Gasteiger partial charge in [0.25, 0.3) is 5.91 Å². The van der Waals surface area contributed by atoms with Crippen molar-refractivity contribution in [2.75, 3.05) is 31.1 Å². The van der Waals surface area contributed by atoms with Crippen LogP contribution in [-0.2, 0) is 0 Å². The van der Waals surface area contributed by atoms with Crippen molar-refractivity contribution in [2.45, 2.75) is 0 Å². The van der Waals surface area contributed by atoms with Crippen molar-refractivity contribution in [2.24, 2.45) is 0 Å². The maximum absolute atomic E-state index is 13.7. The summed E-state index contributed by atoms with van der Waals surface area (Å²) >= 11 is 0. The third kappa shape index (κ3) is 3.16. The van der Waals surface area contributed by atoms with E-state index in [4.69, 9.17) is 0 Å². The molecule has 6 heteroatoms. The van der Waals surface area contributed by atoms with Gasteiger partial charge in [-0.2, -0.15) is 0 Å². The van der Waals surface area contributed by atoms with E-state index in [1.54, 1.807) is 12.1 Å². The Hall–Kier alpha value is -2.50.